The smallest absolute Gasteiger partial charge is 0.349 e. The van der Waals surface area contributed by atoms with Gasteiger partial charge in [-0.25, -0.2) is 4.79 Å². The molecule has 3 rings (SSSR count). The third kappa shape index (κ3) is 2.88. The van der Waals surface area contributed by atoms with Crippen LogP contribution in [0, 0.1) is 6.92 Å². The molecule has 2 aromatic heterocycles. The zero-order chi connectivity index (χ0) is 15.5. The Morgan fingerprint density at radius 3 is 2.86 bits per heavy atom. The fraction of sp³-hybridized carbons (Fsp3) is 0.118. The minimum atomic E-state index is -0.644. The molecule has 2 heterocycles. The molecule has 0 fully saturated rings. The predicted molar refractivity (Wildman–Crippen MR) is 82.6 cm³/mol. The molecule has 5 heteroatoms. The van der Waals surface area contributed by atoms with Gasteiger partial charge in [0.05, 0.1) is 12.2 Å². The summed E-state index contributed by atoms with van der Waals surface area (Å²) < 4.78 is 5.19. The number of nitrogens with one attached hydrogen (secondary N) is 1. The van der Waals surface area contributed by atoms with Crippen LogP contribution >= 0.6 is 0 Å². The third-order valence-corrected chi connectivity index (χ3v) is 3.29. The molecule has 0 radical (unpaired) electrons. The van der Waals surface area contributed by atoms with E-state index in [-0.39, 0.29) is 12.1 Å². The molecule has 22 heavy (non-hydrogen) atoms. The third-order valence-electron chi connectivity index (χ3n) is 3.29. The first kappa shape index (κ1) is 14.0. The molecule has 0 unspecified atom stereocenters. The summed E-state index contributed by atoms with van der Waals surface area (Å²) in [5.74, 6) is -0.470. The molecule has 0 saturated carbocycles. The number of fused-ring (bicyclic) bond motifs is 1. The quantitative estimate of drug-likeness (QED) is 0.753. The molecular formula is C17H14N2O3. The monoisotopic (exact) mass is 294 g/mol. The summed E-state index contributed by atoms with van der Waals surface area (Å²) in [6.45, 7) is 2.19. The SMILES string of the molecule is Cc1ccc2oc(=O)c(C(=O)NCc3ccccn3)cc2c1. The average molecular weight is 294 g/mol. The van der Waals surface area contributed by atoms with Crippen LogP contribution in [-0.2, 0) is 6.54 Å². The fourth-order valence-electron chi connectivity index (χ4n) is 2.17. The Kier molecular flexibility index (Phi) is 3.70. The van der Waals surface area contributed by atoms with Gasteiger partial charge < -0.3 is 9.73 Å². The van der Waals surface area contributed by atoms with E-state index in [0.29, 0.717) is 5.58 Å². The van der Waals surface area contributed by atoms with E-state index in [1.807, 2.05) is 25.1 Å². The normalized spacial score (nSPS) is 10.6. The summed E-state index contributed by atoms with van der Waals surface area (Å²) >= 11 is 0. The van der Waals surface area contributed by atoms with Crippen molar-refractivity contribution in [2.75, 3.05) is 0 Å². The Morgan fingerprint density at radius 2 is 2.09 bits per heavy atom. The Hall–Kier alpha value is -2.95. The topological polar surface area (TPSA) is 72.2 Å². The van der Waals surface area contributed by atoms with Crippen LogP contribution in [0.4, 0.5) is 0 Å². The zero-order valence-corrected chi connectivity index (χ0v) is 12.0. The fourth-order valence-corrected chi connectivity index (χ4v) is 2.17. The number of aryl methyl sites for hydroxylation is 1. The Labute approximate surface area is 126 Å². The first-order chi connectivity index (χ1) is 10.6. The van der Waals surface area contributed by atoms with E-state index in [9.17, 15) is 9.59 Å². The molecular weight excluding hydrogens is 280 g/mol. The number of pyridine rings is 1. The number of hydrogen-bond acceptors (Lipinski definition) is 4. The first-order valence-electron chi connectivity index (χ1n) is 6.86. The van der Waals surface area contributed by atoms with Crippen molar-refractivity contribution in [1.82, 2.24) is 10.3 Å². The van der Waals surface area contributed by atoms with Crippen molar-refractivity contribution in [3.05, 3.63) is 75.9 Å². The van der Waals surface area contributed by atoms with Gasteiger partial charge in [-0.2, -0.15) is 0 Å². The predicted octanol–water partition coefficient (Wildman–Crippen LogP) is 2.43. The van der Waals surface area contributed by atoms with Gasteiger partial charge in [0, 0.05) is 11.6 Å². The maximum absolute atomic E-state index is 12.2. The van der Waals surface area contributed by atoms with Crippen LogP contribution < -0.4 is 10.9 Å². The van der Waals surface area contributed by atoms with Crippen LogP contribution in [0.3, 0.4) is 0 Å². The van der Waals surface area contributed by atoms with E-state index in [1.54, 1.807) is 30.5 Å². The van der Waals surface area contributed by atoms with Crippen LogP contribution in [-0.4, -0.2) is 10.9 Å². The maximum Gasteiger partial charge on any atom is 0.349 e. The summed E-state index contributed by atoms with van der Waals surface area (Å²) in [7, 11) is 0. The number of amides is 1. The van der Waals surface area contributed by atoms with Crippen molar-refractivity contribution in [1.29, 1.82) is 0 Å². The lowest BCUT2D eigenvalue weighted by molar-refractivity contribution is 0.0947. The van der Waals surface area contributed by atoms with Crippen molar-refractivity contribution >= 4 is 16.9 Å². The van der Waals surface area contributed by atoms with Crippen molar-refractivity contribution in [3.8, 4) is 0 Å². The van der Waals surface area contributed by atoms with Crippen molar-refractivity contribution in [2.24, 2.45) is 0 Å². The number of carbonyl (C=O) groups excluding carboxylic acids is 1. The summed E-state index contributed by atoms with van der Waals surface area (Å²) in [5.41, 5.74) is 1.57. The van der Waals surface area contributed by atoms with Gasteiger partial charge in [-0.15, -0.1) is 0 Å². The molecule has 1 aromatic carbocycles. The molecule has 5 nitrogen and oxygen atoms in total. The minimum absolute atomic E-state index is 0.00553. The molecule has 0 saturated heterocycles. The number of carbonyl (C=O) groups is 1. The van der Waals surface area contributed by atoms with Crippen LogP contribution in [0.1, 0.15) is 21.6 Å². The van der Waals surface area contributed by atoms with Gasteiger partial charge in [0.25, 0.3) is 5.91 Å². The van der Waals surface area contributed by atoms with Crippen LogP contribution in [0.2, 0.25) is 0 Å². The van der Waals surface area contributed by atoms with E-state index in [1.165, 1.54) is 0 Å². The van der Waals surface area contributed by atoms with Gasteiger partial charge in [-0.3, -0.25) is 9.78 Å². The lowest BCUT2D eigenvalue weighted by atomic mass is 10.1. The summed E-state index contributed by atoms with van der Waals surface area (Å²) in [4.78, 5) is 28.2. The molecule has 110 valence electrons. The van der Waals surface area contributed by atoms with E-state index in [0.717, 1.165) is 16.6 Å². The summed E-state index contributed by atoms with van der Waals surface area (Å²) in [6.07, 6.45) is 1.65. The van der Waals surface area contributed by atoms with Gasteiger partial charge in [0.15, 0.2) is 0 Å². The average Bonchev–Trinajstić information content (AvgIpc) is 2.53. The highest BCUT2D eigenvalue weighted by atomic mass is 16.4. The lowest BCUT2D eigenvalue weighted by Crippen LogP contribution is -2.28. The summed E-state index contributed by atoms with van der Waals surface area (Å²) in [5, 5.41) is 3.40. The molecule has 0 aliphatic heterocycles. The van der Waals surface area contributed by atoms with Gasteiger partial charge in [-0.05, 0) is 37.3 Å². The number of nitrogens with zero attached hydrogens (tertiary/aromatic N) is 1. The Morgan fingerprint density at radius 1 is 1.23 bits per heavy atom. The van der Waals surface area contributed by atoms with Gasteiger partial charge in [-0.1, -0.05) is 17.7 Å². The molecule has 0 atom stereocenters. The first-order valence-corrected chi connectivity index (χ1v) is 6.86. The largest absolute Gasteiger partial charge is 0.422 e. The van der Waals surface area contributed by atoms with Gasteiger partial charge >= 0.3 is 5.63 Å². The van der Waals surface area contributed by atoms with Gasteiger partial charge in [0.1, 0.15) is 11.1 Å². The number of rotatable bonds is 3. The molecule has 0 spiro atoms. The van der Waals surface area contributed by atoms with Crippen LogP contribution in [0.5, 0.6) is 0 Å². The molecule has 1 amide bonds. The van der Waals surface area contributed by atoms with Crippen molar-refractivity contribution < 1.29 is 9.21 Å². The molecule has 0 aliphatic carbocycles. The second kappa shape index (κ2) is 5.81. The van der Waals surface area contributed by atoms with E-state index in [2.05, 4.69) is 10.3 Å². The molecule has 1 N–H and O–H groups in total. The van der Waals surface area contributed by atoms with E-state index < -0.39 is 11.5 Å². The molecule has 0 bridgehead atoms. The standard InChI is InChI=1S/C17H14N2O3/c1-11-5-6-15-12(8-11)9-14(17(21)22-15)16(20)19-10-13-4-2-3-7-18-13/h2-9H,10H2,1H3,(H,19,20). The zero-order valence-electron chi connectivity index (χ0n) is 12.0. The second-order valence-corrected chi connectivity index (χ2v) is 4.99. The maximum atomic E-state index is 12.2. The number of benzene rings is 1. The Balaban J connectivity index is 1.87. The van der Waals surface area contributed by atoms with Crippen molar-refractivity contribution in [2.45, 2.75) is 13.5 Å². The second-order valence-electron chi connectivity index (χ2n) is 4.99. The van der Waals surface area contributed by atoms with Crippen molar-refractivity contribution in [3.63, 3.8) is 0 Å². The highest BCUT2D eigenvalue weighted by molar-refractivity contribution is 5.96. The molecule has 0 aliphatic rings. The number of hydrogen-bond donors (Lipinski definition) is 1. The van der Waals surface area contributed by atoms with E-state index >= 15 is 0 Å². The van der Waals surface area contributed by atoms with E-state index in [4.69, 9.17) is 4.42 Å². The highest BCUT2D eigenvalue weighted by Crippen LogP contribution is 2.15. The van der Waals surface area contributed by atoms with Gasteiger partial charge in [0.2, 0.25) is 0 Å². The minimum Gasteiger partial charge on any atom is -0.422 e. The van der Waals surface area contributed by atoms with Crippen LogP contribution in [0.25, 0.3) is 11.0 Å². The lowest BCUT2D eigenvalue weighted by Gasteiger charge is -2.05. The highest BCUT2D eigenvalue weighted by Gasteiger charge is 2.13. The Bertz CT molecular complexity index is 885. The summed E-state index contributed by atoms with van der Waals surface area (Å²) in [6, 6.07) is 12.4. The number of aromatic nitrogens is 1. The van der Waals surface area contributed by atoms with Crippen LogP contribution in [0.15, 0.2) is 57.9 Å². The molecule has 3 aromatic rings.